The first-order chi connectivity index (χ1) is 9.65. The molecule has 2 aliphatic rings. The fourth-order valence-electron chi connectivity index (χ4n) is 2.78. The van der Waals surface area contributed by atoms with Crippen molar-refractivity contribution in [3.63, 3.8) is 0 Å². The number of hydrogen-bond donors (Lipinski definition) is 1. The van der Waals surface area contributed by atoms with Gasteiger partial charge in [0.25, 0.3) is 0 Å². The van der Waals surface area contributed by atoms with Crippen LogP contribution in [0.15, 0.2) is 0 Å². The minimum Gasteiger partial charge on any atom is -0.383 e. The smallest absolute Gasteiger partial charge is 0.137 e. The van der Waals surface area contributed by atoms with Gasteiger partial charge in [0.1, 0.15) is 17.5 Å². The van der Waals surface area contributed by atoms with E-state index in [9.17, 15) is 0 Å². The summed E-state index contributed by atoms with van der Waals surface area (Å²) >= 11 is 0. The molecule has 0 radical (unpaired) electrons. The number of hydrogen-bond acceptors (Lipinski definition) is 5. The largest absolute Gasteiger partial charge is 0.383 e. The van der Waals surface area contributed by atoms with Crippen molar-refractivity contribution in [2.24, 2.45) is 0 Å². The summed E-state index contributed by atoms with van der Waals surface area (Å²) in [5.74, 6) is 3.03. The summed E-state index contributed by atoms with van der Waals surface area (Å²) in [5, 5.41) is 0. The van der Waals surface area contributed by atoms with E-state index in [2.05, 4.69) is 16.9 Å². The Balaban J connectivity index is 1.76. The molecule has 1 aliphatic heterocycles. The molecular weight excluding hydrogens is 252 g/mol. The number of rotatable bonds is 4. The monoisotopic (exact) mass is 276 g/mol. The highest BCUT2D eigenvalue weighted by atomic mass is 16.5. The molecule has 2 fully saturated rings. The van der Waals surface area contributed by atoms with Gasteiger partial charge in [-0.25, -0.2) is 9.97 Å². The molecule has 1 aliphatic carbocycles. The first-order valence-electron chi connectivity index (χ1n) is 7.62. The number of aromatic nitrogens is 2. The molecule has 0 amide bonds. The molecule has 1 unspecified atom stereocenters. The van der Waals surface area contributed by atoms with Crippen molar-refractivity contribution < 1.29 is 4.74 Å². The number of nitrogens with zero attached hydrogens (tertiary/aromatic N) is 3. The molecule has 110 valence electrons. The Kier molecular flexibility index (Phi) is 3.78. The van der Waals surface area contributed by atoms with Crippen LogP contribution < -0.4 is 10.6 Å². The van der Waals surface area contributed by atoms with Crippen LogP contribution in [0.1, 0.15) is 49.4 Å². The van der Waals surface area contributed by atoms with Crippen molar-refractivity contribution in [3.8, 4) is 0 Å². The topological polar surface area (TPSA) is 64.3 Å². The van der Waals surface area contributed by atoms with Gasteiger partial charge in [-0.3, -0.25) is 0 Å². The van der Waals surface area contributed by atoms with Gasteiger partial charge in [-0.15, -0.1) is 0 Å². The van der Waals surface area contributed by atoms with Crippen LogP contribution in [0.25, 0.3) is 0 Å². The van der Waals surface area contributed by atoms with E-state index >= 15 is 0 Å². The molecule has 0 bridgehead atoms. The van der Waals surface area contributed by atoms with Gasteiger partial charge in [-0.1, -0.05) is 0 Å². The van der Waals surface area contributed by atoms with E-state index in [-0.39, 0.29) is 0 Å². The standard InChI is InChI=1S/C15H24N4O/c1-10-13(16)17-14(11-6-7-11)18-15(10)19(2)9-12-5-3-4-8-20-12/h11-12H,3-9H2,1-2H3,(H2,16,17,18). The maximum atomic E-state index is 6.05. The van der Waals surface area contributed by atoms with Gasteiger partial charge in [0.2, 0.25) is 0 Å². The molecule has 0 aromatic carbocycles. The minimum atomic E-state index is 0.314. The van der Waals surface area contributed by atoms with E-state index in [1.165, 1.54) is 25.7 Å². The van der Waals surface area contributed by atoms with Crippen molar-refractivity contribution in [2.45, 2.75) is 51.0 Å². The predicted molar refractivity (Wildman–Crippen MR) is 80.0 cm³/mol. The number of ether oxygens (including phenoxy) is 1. The van der Waals surface area contributed by atoms with Gasteiger partial charge >= 0.3 is 0 Å². The van der Waals surface area contributed by atoms with Crippen molar-refractivity contribution in [1.29, 1.82) is 0 Å². The highest BCUT2D eigenvalue weighted by molar-refractivity contribution is 5.56. The lowest BCUT2D eigenvalue weighted by molar-refractivity contribution is 0.0215. The molecule has 2 heterocycles. The van der Waals surface area contributed by atoms with Crippen LogP contribution in [0.2, 0.25) is 0 Å². The molecule has 1 saturated heterocycles. The Morgan fingerprint density at radius 3 is 2.70 bits per heavy atom. The van der Waals surface area contributed by atoms with Crippen LogP contribution in [0.3, 0.4) is 0 Å². The van der Waals surface area contributed by atoms with Crippen LogP contribution in [0.4, 0.5) is 11.6 Å². The molecule has 5 heteroatoms. The van der Waals surface area contributed by atoms with Crippen LogP contribution in [-0.4, -0.2) is 36.3 Å². The Labute approximate surface area is 120 Å². The molecule has 20 heavy (non-hydrogen) atoms. The minimum absolute atomic E-state index is 0.314. The zero-order chi connectivity index (χ0) is 14.1. The van der Waals surface area contributed by atoms with Crippen molar-refractivity contribution in [3.05, 3.63) is 11.4 Å². The van der Waals surface area contributed by atoms with Crippen molar-refractivity contribution in [1.82, 2.24) is 9.97 Å². The summed E-state index contributed by atoms with van der Waals surface area (Å²) in [6, 6.07) is 0. The highest BCUT2D eigenvalue weighted by Gasteiger charge is 2.28. The molecule has 1 atom stereocenters. The third-order valence-electron chi connectivity index (χ3n) is 4.23. The molecule has 1 aromatic rings. The van der Waals surface area contributed by atoms with Gasteiger partial charge in [0.05, 0.1) is 6.10 Å². The fourth-order valence-corrected chi connectivity index (χ4v) is 2.78. The fraction of sp³-hybridized carbons (Fsp3) is 0.733. The Hall–Kier alpha value is -1.36. The number of likely N-dealkylation sites (N-methyl/N-ethyl adjacent to an activating group) is 1. The van der Waals surface area contributed by atoms with Crippen molar-refractivity contribution >= 4 is 11.6 Å². The molecular formula is C15H24N4O. The average Bonchev–Trinajstić information content (AvgIpc) is 3.27. The van der Waals surface area contributed by atoms with Gasteiger partial charge in [-0.05, 0) is 39.0 Å². The Morgan fingerprint density at radius 2 is 2.05 bits per heavy atom. The van der Waals surface area contributed by atoms with E-state index < -0.39 is 0 Å². The zero-order valence-corrected chi connectivity index (χ0v) is 12.4. The van der Waals surface area contributed by atoms with Crippen LogP contribution >= 0.6 is 0 Å². The molecule has 3 rings (SSSR count). The molecule has 2 N–H and O–H groups in total. The number of anilines is 2. The summed E-state index contributed by atoms with van der Waals surface area (Å²) in [5.41, 5.74) is 7.03. The lowest BCUT2D eigenvalue weighted by Crippen LogP contribution is -2.34. The summed E-state index contributed by atoms with van der Waals surface area (Å²) in [6.07, 6.45) is 6.28. The second-order valence-electron chi connectivity index (χ2n) is 6.06. The maximum Gasteiger partial charge on any atom is 0.137 e. The van der Waals surface area contributed by atoms with E-state index in [1.54, 1.807) is 0 Å². The Bertz CT molecular complexity index is 481. The first kappa shape index (κ1) is 13.6. The van der Waals surface area contributed by atoms with Crippen molar-refractivity contribution in [2.75, 3.05) is 30.8 Å². The second-order valence-corrected chi connectivity index (χ2v) is 6.06. The van der Waals surface area contributed by atoms with Gasteiger partial charge < -0.3 is 15.4 Å². The van der Waals surface area contributed by atoms with Crippen LogP contribution in [0, 0.1) is 6.92 Å². The van der Waals surface area contributed by atoms with Gasteiger partial charge in [0.15, 0.2) is 0 Å². The van der Waals surface area contributed by atoms with E-state index in [1.807, 2.05) is 6.92 Å². The van der Waals surface area contributed by atoms with Crippen LogP contribution in [0.5, 0.6) is 0 Å². The number of nitrogen functional groups attached to an aromatic ring is 1. The van der Waals surface area contributed by atoms with Crippen LogP contribution in [-0.2, 0) is 4.74 Å². The lowest BCUT2D eigenvalue weighted by Gasteiger charge is -2.29. The van der Waals surface area contributed by atoms with E-state index in [0.29, 0.717) is 17.8 Å². The van der Waals surface area contributed by atoms with Gasteiger partial charge in [0, 0.05) is 31.7 Å². The summed E-state index contributed by atoms with van der Waals surface area (Å²) in [7, 11) is 2.07. The molecule has 1 saturated carbocycles. The third-order valence-corrected chi connectivity index (χ3v) is 4.23. The second kappa shape index (κ2) is 5.56. The van der Waals surface area contributed by atoms with Gasteiger partial charge in [-0.2, -0.15) is 0 Å². The quantitative estimate of drug-likeness (QED) is 0.913. The zero-order valence-electron chi connectivity index (χ0n) is 12.4. The first-order valence-corrected chi connectivity index (χ1v) is 7.62. The lowest BCUT2D eigenvalue weighted by atomic mass is 10.1. The normalized spacial score (nSPS) is 22.8. The SMILES string of the molecule is Cc1c(N)nc(C2CC2)nc1N(C)CC1CCCCO1. The summed E-state index contributed by atoms with van der Waals surface area (Å²) in [6.45, 7) is 3.76. The Morgan fingerprint density at radius 1 is 1.25 bits per heavy atom. The number of nitrogens with two attached hydrogens (primary N) is 1. The highest BCUT2D eigenvalue weighted by Crippen LogP contribution is 2.39. The summed E-state index contributed by atoms with van der Waals surface area (Å²) < 4.78 is 5.81. The van der Waals surface area contributed by atoms with E-state index in [4.69, 9.17) is 15.5 Å². The molecule has 1 aromatic heterocycles. The van der Waals surface area contributed by atoms with E-state index in [0.717, 1.165) is 36.8 Å². The predicted octanol–water partition coefficient (Wildman–Crippen LogP) is 2.25. The molecule has 5 nitrogen and oxygen atoms in total. The summed E-state index contributed by atoms with van der Waals surface area (Å²) in [4.78, 5) is 11.3. The average molecular weight is 276 g/mol. The third kappa shape index (κ3) is 2.87. The molecule has 0 spiro atoms. The maximum absolute atomic E-state index is 6.05.